The second-order valence-electron chi connectivity index (χ2n) is 6.94. The molecule has 5 nitrogen and oxygen atoms in total. The van der Waals surface area contributed by atoms with Crippen molar-refractivity contribution in [1.82, 2.24) is 4.90 Å². The van der Waals surface area contributed by atoms with Gasteiger partial charge < -0.3 is 4.90 Å². The number of ketones is 2. The Bertz CT molecular complexity index is 1070. The number of nitrogens with zero attached hydrogens (tertiary/aromatic N) is 3. The maximum Gasteiger partial charge on any atom is 0.226 e. The zero-order valence-electron chi connectivity index (χ0n) is 15.5. The number of Topliss-reactive ketones (excluding diaryl/α,β-unsaturated/α-hetero) is 2. The summed E-state index contributed by atoms with van der Waals surface area (Å²) in [6, 6.07) is 15.0. The van der Waals surface area contributed by atoms with Crippen molar-refractivity contribution in [2.75, 3.05) is 14.1 Å². The van der Waals surface area contributed by atoms with E-state index in [2.05, 4.69) is 9.98 Å². The molecule has 0 aromatic heterocycles. The predicted molar refractivity (Wildman–Crippen MR) is 106 cm³/mol. The minimum atomic E-state index is -0.0664. The summed E-state index contributed by atoms with van der Waals surface area (Å²) in [6.45, 7) is 1.56. The van der Waals surface area contributed by atoms with Crippen LogP contribution in [-0.4, -0.2) is 42.2 Å². The number of carbonyl (C=O) groups is 2. The molecule has 1 aliphatic heterocycles. The molecule has 0 bridgehead atoms. The number of allylic oxidation sites excluding steroid dienone is 2. The van der Waals surface area contributed by atoms with Gasteiger partial charge in [-0.2, -0.15) is 0 Å². The summed E-state index contributed by atoms with van der Waals surface area (Å²) in [6.07, 6.45) is 0.342. The number of benzene rings is 2. The van der Waals surface area contributed by atoms with Crippen molar-refractivity contribution in [3.63, 3.8) is 0 Å². The van der Waals surface area contributed by atoms with Gasteiger partial charge in [-0.15, -0.1) is 0 Å². The third-order valence-electron chi connectivity index (χ3n) is 4.61. The topological polar surface area (TPSA) is 62.1 Å². The summed E-state index contributed by atoms with van der Waals surface area (Å²) >= 11 is 0. The maximum absolute atomic E-state index is 13.3. The Morgan fingerprint density at radius 3 is 2.44 bits per heavy atom. The summed E-state index contributed by atoms with van der Waals surface area (Å²) in [5, 5.41) is 0. The van der Waals surface area contributed by atoms with Gasteiger partial charge in [0.2, 0.25) is 5.96 Å². The van der Waals surface area contributed by atoms with E-state index in [0.29, 0.717) is 29.2 Å². The lowest BCUT2D eigenvalue weighted by Gasteiger charge is -2.19. The lowest BCUT2D eigenvalue weighted by atomic mass is 9.83. The first-order valence-corrected chi connectivity index (χ1v) is 8.78. The molecule has 0 fully saturated rings. The van der Waals surface area contributed by atoms with Crippen LogP contribution >= 0.6 is 0 Å². The summed E-state index contributed by atoms with van der Waals surface area (Å²) < 4.78 is 0. The molecule has 134 valence electrons. The van der Waals surface area contributed by atoms with E-state index in [-0.39, 0.29) is 11.6 Å². The molecule has 0 saturated carbocycles. The quantitative estimate of drug-likeness (QED) is 0.848. The predicted octanol–water partition coefficient (Wildman–Crippen LogP) is 3.15. The number of hydrogen-bond acceptors (Lipinski definition) is 5. The Kier molecular flexibility index (Phi) is 4.07. The smallest absolute Gasteiger partial charge is 0.226 e. The number of carbonyl (C=O) groups excluding carboxylic acids is 2. The minimum Gasteiger partial charge on any atom is -0.347 e. The molecule has 0 unspecified atom stereocenters. The third kappa shape index (κ3) is 2.91. The van der Waals surface area contributed by atoms with Crippen LogP contribution in [0, 0.1) is 0 Å². The van der Waals surface area contributed by atoms with E-state index in [4.69, 9.17) is 0 Å². The summed E-state index contributed by atoms with van der Waals surface area (Å²) in [4.78, 5) is 35.9. The number of guanidine groups is 1. The fraction of sp³-hybridized carbons (Fsp3) is 0.182. The van der Waals surface area contributed by atoms with Crippen LogP contribution in [0.3, 0.4) is 0 Å². The van der Waals surface area contributed by atoms with Crippen molar-refractivity contribution in [1.29, 1.82) is 0 Å². The van der Waals surface area contributed by atoms with Crippen LogP contribution in [0.15, 0.2) is 64.2 Å². The van der Waals surface area contributed by atoms with Gasteiger partial charge in [0.15, 0.2) is 5.78 Å². The highest BCUT2D eigenvalue weighted by atomic mass is 16.1. The molecular weight excluding hydrogens is 338 g/mol. The first-order valence-electron chi connectivity index (χ1n) is 8.78. The van der Waals surface area contributed by atoms with Gasteiger partial charge in [-0.25, -0.2) is 9.98 Å². The highest BCUT2D eigenvalue weighted by Crippen LogP contribution is 2.36. The Morgan fingerprint density at radius 2 is 1.74 bits per heavy atom. The zero-order valence-corrected chi connectivity index (χ0v) is 15.5. The van der Waals surface area contributed by atoms with Crippen LogP contribution in [-0.2, 0) is 11.2 Å². The summed E-state index contributed by atoms with van der Waals surface area (Å²) in [7, 11) is 3.75. The van der Waals surface area contributed by atoms with Crippen LogP contribution in [0.4, 0.5) is 0 Å². The second-order valence-corrected chi connectivity index (χ2v) is 6.94. The zero-order chi connectivity index (χ0) is 19.1. The van der Waals surface area contributed by atoms with Gasteiger partial charge in [0, 0.05) is 31.6 Å². The lowest BCUT2D eigenvalue weighted by molar-refractivity contribution is -0.116. The van der Waals surface area contributed by atoms with Gasteiger partial charge >= 0.3 is 0 Å². The maximum atomic E-state index is 13.3. The molecule has 0 saturated heterocycles. The van der Waals surface area contributed by atoms with E-state index < -0.39 is 0 Å². The minimum absolute atomic E-state index is 0.0664. The highest BCUT2D eigenvalue weighted by molar-refractivity contribution is 6.43. The molecule has 5 heteroatoms. The molecule has 0 radical (unpaired) electrons. The fourth-order valence-corrected chi connectivity index (χ4v) is 3.41. The summed E-state index contributed by atoms with van der Waals surface area (Å²) in [5.74, 6) is 0.589. The number of hydrogen-bond donors (Lipinski definition) is 0. The average molecular weight is 357 g/mol. The van der Waals surface area contributed by atoms with Crippen LogP contribution in [0.2, 0.25) is 0 Å². The van der Waals surface area contributed by atoms with Crippen molar-refractivity contribution in [2.24, 2.45) is 9.98 Å². The molecular formula is C22H19N3O2. The molecule has 1 heterocycles. The Hall–Kier alpha value is -3.34. The molecule has 2 aliphatic rings. The van der Waals surface area contributed by atoms with Crippen molar-refractivity contribution in [2.45, 2.75) is 13.3 Å². The molecule has 2 aromatic carbocycles. The van der Waals surface area contributed by atoms with Crippen LogP contribution in [0.5, 0.6) is 0 Å². The average Bonchev–Trinajstić information content (AvgIpc) is 3.07. The van der Waals surface area contributed by atoms with Gasteiger partial charge in [-0.3, -0.25) is 9.59 Å². The molecule has 0 amide bonds. The summed E-state index contributed by atoms with van der Waals surface area (Å²) in [5.41, 5.74) is 4.94. The molecule has 4 rings (SSSR count). The standard InChI is InChI=1S/C22H19N3O2/c1-13(26)11-14-7-6-8-15(12-14)18-20-19(23-22(24-20)25(2)3)16-9-4-5-10-17(16)21(18)27/h4-10,12H,11H2,1-3H3. The largest absolute Gasteiger partial charge is 0.347 e. The van der Waals surface area contributed by atoms with E-state index >= 15 is 0 Å². The second kappa shape index (κ2) is 6.43. The Morgan fingerprint density at radius 1 is 1.00 bits per heavy atom. The Labute approximate surface area is 157 Å². The molecule has 0 atom stereocenters. The van der Waals surface area contributed by atoms with E-state index in [1.54, 1.807) is 6.92 Å². The first kappa shape index (κ1) is 17.1. The van der Waals surface area contributed by atoms with Crippen molar-refractivity contribution in [3.05, 3.63) is 76.5 Å². The monoisotopic (exact) mass is 357 g/mol. The first-order chi connectivity index (χ1) is 13.0. The molecule has 2 aromatic rings. The fourth-order valence-electron chi connectivity index (χ4n) is 3.41. The van der Waals surface area contributed by atoms with Gasteiger partial charge in [0.1, 0.15) is 17.2 Å². The van der Waals surface area contributed by atoms with Crippen molar-refractivity contribution in [3.8, 4) is 0 Å². The highest BCUT2D eigenvalue weighted by Gasteiger charge is 2.34. The SMILES string of the molecule is CC(=O)Cc1cccc(C2=C3N=C(N(C)C)N=C3c3ccccc3C2=O)c1. The van der Waals surface area contributed by atoms with Crippen LogP contribution in [0.25, 0.3) is 5.57 Å². The van der Waals surface area contributed by atoms with Crippen molar-refractivity contribution < 1.29 is 9.59 Å². The molecule has 0 N–H and O–H groups in total. The third-order valence-corrected chi connectivity index (χ3v) is 4.61. The van der Waals surface area contributed by atoms with E-state index in [1.165, 1.54) is 0 Å². The van der Waals surface area contributed by atoms with Gasteiger partial charge in [0.05, 0.1) is 5.57 Å². The van der Waals surface area contributed by atoms with Crippen LogP contribution < -0.4 is 0 Å². The molecule has 0 spiro atoms. The number of aliphatic imine (C=N–C) groups is 2. The van der Waals surface area contributed by atoms with Crippen molar-refractivity contribution >= 4 is 28.8 Å². The van der Waals surface area contributed by atoms with E-state index in [9.17, 15) is 9.59 Å². The van der Waals surface area contributed by atoms with E-state index in [1.807, 2.05) is 67.5 Å². The number of rotatable bonds is 3. The molecule has 27 heavy (non-hydrogen) atoms. The van der Waals surface area contributed by atoms with Gasteiger partial charge in [0.25, 0.3) is 0 Å². The van der Waals surface area contributed by atoms with Gasteiger partial charge in [-0.05, 0) is 18.1 Å². The van der Waals surface area contributed by atoms with Gasteiger partial charge in [-0.1, -0.05) is 48.5 Å². The van der Waals surface area contributed by atoms with Crippen LogP contribution in [0.1, 0.15) is 34.0 Å². The Balaban J connectivity index is 1.94. The molecule has 1 aliphatic carbocycles. The lowest BCUT2D eigenvalue weighted by Crippen LogP contribution is -2.20. The van der Waals surface area contributed by atoms with E-state index in [0.717, 1.165) is 22.4 Å². The normalized spacial score (nSPS) is 15.1. The number of fused-ring (bicyclic) bond motifs is 3.